The average molecular weight is 442 g/mol. The van der Waals surface area contributed by atoms with E-state index in [4.69, 9.17) is 10.4 Å². The minimum atomic E-state index is -0.674. The van der Waals surface area contributed by atoms with Gasteiger partial charge in [0, 0.05) is 17.5 Å². The molecule has 2 heterocycles. The zero-order chi connectivity index (χ0) is 22.1. The number of fused-ring (bicyclic) bond motifs is 2. The van der Waals surface area contributed by atoms with Crippen molar-refractivity contribution in [3.05, 3.63) is 90.4 Å². The van der Waals surface area contributed by atoms with Crippen LogP contribution in [-0.2, 0) is 9.59 Å². The average Bonchev–Trinajstić information content (AvgIpc) is 2.81. The Morgan fingerprint density at radius 1 is 0.969 bits per heavy atom. The van der Waals surface area contributed by atoms with Crippen molar-refractivity contribution >= 4 is 45.9 Å². The zero-order valence-electron chi connectivity index (χ0n) is 16.9. The number of rotatable bonds is 4. The van der Waals surface area contributed by atoms with E-state index in [9.17, 15) is 9.59 Å². The summed E-state index contributed by atoms with van der Waals surface area (Å²) in [5.74, 6) is -0.525. The molecule has 0 aliphatic carbocycles. The first-order valence-electron chi connectivity index (χ1n) is 10.1. The van der Waals surface area contributed by atoms with E-state index < -0.39 is 5.25 Å². The summed E-state index contributed by atoms with van der Waals surface area (Å²) in [6, 6.07) is 25.7. The highest BCUT2D eigenvalue weighted by Crippen LogP contribution is 2.33. The third kappa shape index (κ3) is 3.65. The van der Waals surface area contributed by atoms with E-state index in [1.807, 2.05) is 60.7 Å². The topological polar surface area (TPSA) is 91.1 Å². The van der Waals surface area contributed by atoms with Gasteiger partial charge in [0.25, 0.3) is 5.91 Å². The summed E-state index contributed by atoms with van der Waals surface area (Å²) < 4.78 is 1.52. The quantitative estimate of drug-likeness (QED) is 0.471. The third-order valence-electron chi connectivity index (χ3n) is 5.13. The second-order valence-electron chi connectivity index (χ2n) is 7.28. The van der Waals surface area contributed by atoms with E-state index >= 15 is 0 Å². The fraction of sp³-hybridized carbons (Fsp3) is 0.0833. The molecule has 0 saturated heterocycles. The molecule has 0 saturated carbocycles. The number of amides is 2. The maximum Gasteiger partial charge on any atom is 0.260 e. The van der Waals surface area contributed by atoms with E-state index in [2.05, 4.69) is 5.32 Å². The Labute approximate surface area is 188 Å². The van der Waals surface area contributed by atoms with Crippen LogP contribution in [0, 0.1) is 5.41 Å². The van der Waals surface area contributed by atoms with Crippen LogP contribution in [0.25, 0.3) is 10.9 Å². The molecule has 0 bridgehead atoms. The summed E-state index contributed by atoms with van der Waals surface area (Å²) in [4.78, 5) is 31.0. The lowest BCUT2D eigenvalue weighted by molar-refractivity contribution is -0.122. The van der Waals surface area contributed by atoms with Crippen molar-refractivity contribution in [2.75, 3.05) is 10.3 Å². The minimum Gasteiger partial charge on any atom is -0.326 e. The first-order chi connectivity index (χ1) is 15.6. The van der Waals surface area contributed by atoms with Crippen LogP contribution in [0.3, 0.4) is 0 Å². The van der Waals surface area contributed by atoms with Crippen molar-refractivity contribution in [1.82, 2.24) is 9.66 Å². The Kier molecular flexibility index (Phi) is 5.20. The van der Waals surface area contributed by atoms with Crippen molar-refractivity contribution in [2.24, 2.45) is 0 Å². The number of hydrogen-bond donors (Lipinski definition) is 2. The van der Waals surface area contributed by atoms with Crippen molar-refractivity contribution in [3.8, 4) is 0 Å². The molecule has 4 aromatic rings. The monoisotopic (exact) mass is 441 g/mol. The fourth-order valence-electron chi connectivity index (χ4n) is 3.65. The van der Waals surface area contributed by atoms with E-state index in [1.54, 1.807) is 24.3 Å². The smallest absolute Gasteiger partial charge is 0.260 e. The van der Waals surface area contributed by atoms with E-state index in [0.717, 1.165) is 0 Å². The summed E-state index contributed by atoms with van der Waals surface area (Å²) in [7, 11) is 0. The van der Waals surface area contributed by atoms with E-state index in [1.165, 1.54) is 21.4 Å². The maximum absolute atomic E-state index is 13.6. The fourth-order valence-corrected chi connectivity index (χ4v) is 4.76. The number of nitrogens with one attached hydrogen (secondary N) is 2. The molecule has 0 radical (unpaired) electrons. The van der Waals surface area contributed by atoms with Crippen LogP contribution in [0.1, 0.15) is 6.42 Å². The Bertz CT molecular complexity index is 1370. The first-order valence-corrected chi connectivity index (χ1v) is 11.0. The Morgan fingerprint density at radius 3 is 2.38 bits per heavy atom. The molecule has 158 valence electrons. The molecular formula is C24H19N5O2S. The van der Waals surface area contributed by atoms with Crippen molar-refractivity contribution < 1.29 is 9.59 Å². The van der Waals surface area contributed by atoms with Crippen LogP contribution in [0.2, 0.25) is 0 Å². The van der Waals surface area contributed by atoms with Crippen LogP contribution < -0.4 is 15.8 Å². The highest BCUT2D eigenvalue weighted by Gasteiger charge is 2.37. The van der Waals surface area contributed by atoms with Crippen molar-refractivity contribution in [2.45, 2.75) is 16.8 Å². The number of thioether (sulfide) groups is 1. The molecule has 1 aliphatic rings. The first kappa shape index (κ1) is 20.0. The zero-order valence-corrected chi connectivity index (χ0v) is 17.8. The molecule has 3 aromatic carbocycles. The second-order valence-corrected chi connectivity index (χ2v) is 8.45. The van der Waals surface area contributed by atoms with Gasteiger partial charge in [0.15, 0.2) is 10.6 Å². The van der Waals surface area contributed by atoms with Crippen LogP contribution >= 0.6 is 11.8 Å². The number of anilines is 2. The van der Waals surface area contributed by atoms with Gasteiger partial charge >= 0.3 is 0 Å². The number of benzene rings is 3. The summed E-state index contributed by atoms with van der Waals surface area (Å²) in [6.07, 6.45) is -0.0103. The van der Waals surface area contributed by atoms with E-state index in [-0.39, 0.29) is 23.7 Å². The lowest BCUT2D eigenvalue weighted by Gasteiger charge is -2.34. The molecule has 0 spiro atoms. The molecule has 5 rings (SSSR count). The van der Waals surface area contributed by atoms with Gasteiger partial charge in [0.1, 0.15) is 5.25 Å². The summed E-state index contributed by atoms with van der Waals surface area (Å²) in [5.41, 5.74) is 2.13. The molecule has 2 amide bonds. The van der Waals surface area contributed by atoms with Gasteiger partial charge in [0.05, 0.1) is 11.2 Å². The Balaban J connectivity index is 1.56. The summed E-state index contributed by atoms with van der Waals surface area (Å²) in [5, 5.41) is 13.5. The molecule has 0 fully saturated rings. The number of nitrogens with zero attached hydrogens (tertiary/aromatic N) is 3. The van der Waals surface area contributed by atoms with E-state index in [0.29, 0.717) is 27.4 Å². The van der Waals surface area contributed by atoms with Crippen molar-refractivity contribution in [3.63, 3.8) is 0 Å². The van der Waals surface area contributed by atoms with Gasteiger partial charge in [-0.15, -0.1) is 0 Å². The molecule has 1 atom stereocenters. The Hall–Kier alpha value is -3.91. The third-order valence-corrected chi connectivity index (χ3v) is 6.26. The molecular weight excluding hydrogens is 422 g/mol. The molecule has 7 nitrogen and oxygen atoms in total. The molecule has 1 aliphatic heterocycles. The maximum atomic E-state index is 13.6. The standard InChI is InChI=1S/C24H19N5O2S/c25-22-18-13-7-8-14-19(18)27-24-29(22)28(17-11-5-2-6-12-17)23(31)20(32-24)15-21(30)26-16-9-3-1-4-10-16/h1-14,20,25H,15H2,(H,26,30)/t20-/m1/s1. The molecule has 32 heavy (non-hydrogen) atoms. The second kappa shape index (κ2) is 8.32. The number of para-hydroxylation sites is 3. The van der Waals surface area contributed by atoms with Gasteiger partial charge in [-0.3, -0.25) is 15.0 Å². The lowest BCUT2D eigenvalue weighted by atomic mass is 10.2. The normalized spacial score (nSPS) is 15.4. The largest absolute Gasteiger partial charge is 0.326 e. The summed E-state index contributed by atoms with van der Waals surface area (Å²) in [6.45, 7) is 0. The van der Waals surface area contributed by atoms with Crippen LogP contribution in [-0.4, -0.2) is 26.7 Å². The highest BCUT2D eigenvalue weighted by molar-refractivity contribution is 8.00. The minimum absolute atomic E-state index is 0.0103. The molecule has 2 N–H and O–H groups in total. The number of carbonyl (C=O) groups is 2. The van der Waals surface area contributed by atoms with Crippen LogP contribution in [0.15, 0.2) is 90.1 Å². The van der Waals surface area contributed by atoms with Gasteiger partial charge in [-0.1, -0.05) is 60.3 Å². The van der Waals surface area contributed by atoms with Crippen LogP contribution in [0.4, 0.5) is 11.4 Å². The number of hydrogen-bond acceptors (Lipinski definition) is 5. The summed E-state index contributed by atoms with van der Waals surface area (Å²) >= 11 is 1.21. The molecule has 1 aromatic heterocycles. The van der Waals surface area contributed by atoms with Crippen molar-refractivity contribution in [1.29, 1.82) is 5.41 Å². The highest BCUT2D eigenvalue weighted by atomic mass is 32.2. The van der Waals surface area contributed by atoms with Gasteiger partial charge in [-0.25, -0.2) is 14.7 Å². The van der Waals surface area contributed by atoms with Gasteiger partial charge < -0.3 is 5.32 Å². The predicted octanol–water partition coefficient (Wildman–Crippen LogP) is 3.82. The Morgan fingerprint density at radius 2 is 1.62 bits per heavy atom. The molecule has 8 heteroatoms. The lowest BCUT2D eigenvalue weighted by Crippen LogP contribution is -2.51. The van der Waals surface area contributed by atoms with Crippen LogP contribution in [0.5, 0.6) is 0 Å². The number of carbonyl (C=O) groups excluding carboxylic acids is 2. The predicted molar refractivity (Wildman–Crippen MR) is 124 cm³/mol. The van der Waals surface area contributed by atoms with Gasteiger partial charge in [-0.2, -0.15) is 0 Å². The molecule has 0 unspecified atom stereocenters. The van der Waals surface area contributed by atoms with Gasteiger partial charge in [0.2, 0.25) is 5.91 Å². The van der Waals surface area contributed by atoms with Gasteiger partial charge in [-0.05, 0) is 36.4 Å². The SMILES string of the molecule is N=c1c2ccccc2nc2n1N(c1ccccc1)C(=O)[C@@H](CC(=O)Nc1ccccc1)S2. The number of aromatic nitrogens is 2.